The van der Waals surface area contributed by atoms with Crippen LogP contribution in [0.25, 0.3) is 0 Å². The predicted octanol–water partition coefficient (Wildman–Crippen LogP) is 2.48. The minimum atomic E-state index is -3.75. The van der Waals surface area contributed by atoms with Gasteiger partial charge < -0.3 is 9.64 Å². The number of piperazine rings is 1. The van der Waals surface area contributed by atoms with E-state index < -0.39 is 16.1 Å². The molecule has 0 spiro atoms. The summed E-state index contributed by atoms with van der Waals surface area (Å²) in [6.45, 7) is 3.69. The van der Waals surface area contributed by atoms with Crippen molar-refractivity contribution in [2.75, 3.05) is 51.8 Å². The zero-order chi connectivity index (χ0) is 23.7. The molecule has 0 aromatic heterocycles. The van der Waals surface area contributed by atoms with Crippen LogP contribution >= 0.6 is 11.8 Å². The average Bonchev–Trinajstić information content (AvgIpc) is 2.86. The van der Waals surface area contributed by atoms with E-state index in [1.54, 1.807) is 54.1 Å². The molecule has 1 fully saturated rings. The molecule has 1 saturated heterocycles. The molecular weight excluding hydrogens is 458 g/mol. The van der Waals surface area contributed by atoms with Crippen LogP contribution in [0.5, 0.6) is 5.75 Å². The average molecular weight is 492 g/mol. The third-order valence-electron chi connectivity index (χ3n) is 5.82. The van der Waals surface area contributed by atoms with Gasteiger partial charge in [0.05, 0.1) is 12.0 Å². The van der Waals surface area contributed by atoms with Gasteiger partial charge in [-0.2, -0.15) is 16.5 Å². The van der Waals surface area contributed by atoms with Gasteiger partial charge in [-0.1, -0.05) is 30.3 Å². The Morgan fingerprint density at radius 3 is 2.33 bits per heavy atom. The van der Waals surface area contributed by atoms with Gasteiger partial charge in [-0.15, -0.1) is 0 Å². The van der Waals surface area contributed by atoms with Crippen molar-refractivity contribution < 1.29 is 17.9 Å². The van der Waals surface area contributed by atoms with Crippen molar-refractivity contribution in [2.24, 2.45) is 0 Å². The van der Waals surface area contributed by atoms with Gasteiger partial charge in [0.2, 0.25) is 15.9 Å². The first-order valence-corrected chi connectivity index (χ1v) is 14.0. The number of benzene rings is 2. The first kappa shape index (κ1) is 25.6. The largest absolute Gasteiger partial charge is 0.497 e. The Bertz CT molecular complexity index is 977. The van der Waals surface area contributed by atoms with Gasteiger partial charge in [-0.3, -0.25) is 9.69 Å². The summed E-state index contributed by atoms with van der Waals surface area (Å²) in [5.41, 5.74) is 1.25. The van der Waals surface area contributed by atoms with Crippen LogP contribution in [0.3, 0.4) is 0 Å². The lowest BCUT2D eigenvalue weighted by Gasteiger charge is -2.36. The Hall–Kier alpha value is -2.07. The quantitative estimate of drug-likeness (QED) is 0.520. The van der Waals surface area contributed by atoms with E-state index in [9.17, 15) is 13.2 Å². The topological polar surface area (TPSA) is 79.0 Å². The van der Waals surface area contributed by atoms with Crippen molar-refractivity contribution in [2.45, 2.75) is 23.8 Å². The maximum Gasteiger partial charge on any atom is 0.241 e. The van der Waals surface area contributed by atoms with E-state index >= 15 is 0 Å². The Labute approximate surface area is 201 Å². The van der Waals surface area contributed by atoms with E-state index in [0.717, 1.165) is 31.8 Å². The summed E-state index contributed by atoms with van der Waals surface area (Å²) in [6.07, 6.45) is 3.35. The van der Waals surface area contributed by atoms with Gasteiger partial charge >= 0.3 is 0 Å². The van der Waals surface area contributed by atoms with Crippen molar-refractivity contribution in [3.8, 4) is 5.75 Å². The second kappa shape index (κ2) is 12.4. The lowest BCUT2D eigenvalue weighted by molar-refractivity contribution is -0.134. The van der Waals surface area contributed by atoms with Gasteiger partial charge in [0.1, 0.15) is 11.8 Å². The fourth-order valence-corrected chi connectivity index (χ4v) is 5.53. The van der Waals surface area contributed by atoms with Crippen molar-refractivity contribution in [1.29, 1.82) is 0 Å². The molecule has 1 amide bonds. The van der Waals surface area contributed by atoms with Crippen molar-refractivity contribution >= 4 is 27.7 Å². The molecule has 2 aromatic rings. The zero-order valence-electron chi connectivity index (χ0n) is 19.3. The highest BCUT2D eigenvalue weighted by molar-refractivity contribution is 7.98. The SMILES string of the molecule is COc1ccc(CCN2CCN(C(=O)C(CCSC)NS(=O)(=O)c3ccccc3)CC2)cc1. The molecule has 1 aliphatic rings. The molecule has 0 radical (unpaired) electrons. The predicted molar refractivity (Wildman–Crippen MR) is 133 cm³/mol. The molecule has 33 heavy (non-hydrogen) atoms. The lowest BCUT2D eigenvalue weighted by Crippen LogP contribution is -2.55. The van der Waals surface area contributed by atoms with E-state index in [0.29, 0.717) is 25.3 Å². The number of rotatable bonds is 11. The third-order valence-corrected chi connectivity index (χ3v) is 7.95. The number of sulfonamides is 1. The van der Waals surface area contributed by atoms with Crippen molar-refractivity contribution in [3.05, 3.63) is 60.2 Å². The number of thioether (sulfide) groups is 1. The van der Waals surface area contributed by atoms with E-state index in [1.807, 2.05) is 18.4 Å². The summed E-state index contributed by atoms with van der Waals surface area (Å²) in [7, 11) is -2.09. The number of methoxy groups -OCH3 is 1. The molecule has 180 valence electrons. The van der Waals surface area contributed by atoms with Crippen molar-refractivity contribution in [1.82, 2.24) is 14.5 Å². The normalized spacial score (nSPS) is 15.9. The minimum absolute atomic E-state index is 0.140. The lowest BCUT2D eigenvalue weighted by atomic mass is 10.1. The molecule has 2 aromatic carbocycles. The highest BCUT2D eigenvalue weighted by Crippen LogP contribution is 2.15. The zero-order valence-corrected chi connectivity index (χ0v) is 20.9. The maximum absolute atomic E-state index is 13.2. The van der Waals surface area contributed by atoms with Crippen LogP contribution in [-0.2, 0) is 21.2 Å². The smallest absolute Gasteiger partial charge is 0.241 e. The van der Waals surface area contributed by atoms with Gasteiger partial charge in [-0.05, 0) is 54.7 Å². The second-order valence-electron chi connectivity index (χ2n) is 8.03. The molecule has 0 bridgehead atoms. The number of carbonyl (C=O) groups is 1. The van der Waals surface area contributed by atoms with Gasteiger partial charge in [0.15, 0.2) is 0 Å². The monoisotopic (exact) mass is 491 g/mol. The summed E-state index contributed by atoms with van der Waals surface area (Å²) in [5, 5.41) is 0. The molecule has 7 nitrogen and oxygen atoms in total. The van der Waals surface area contributed by atoms with Crippen LogP contribution in [-0.4, -0.2) is 82.0 Å². The molecule has 1 atom stereocenters. The molecule has 1 aliphatic heterocycles. The molecular formula is C24H33N3O4S2. The summed E-state index contributed by atoms with van der Waals surface area (Å²) < 4.78 is 33.5. The number of carbonyl (C=O) groups excluding carboxylic acids is 1. The molecule has 0 aliphatic carbocycles. The minimum Gasteiger partial charge on any atom is -0.497 e. The van der Waals surface area contributed by atoms with Gasteiger partial charge in [-0.25, -0.2) is 8.42 Å². The summed E-state index contributed by atoms with van der Waals surface area (Å²) >= 11 is 1.60. The number of amides is 1. The molecule has 3 rings (SSSR count). The van der Waals surface area contributed by atoms with Crippen LogP contribution in [0.15, 0.2) is 59.5 Å². The fraction of sp³-hybridized carbons (Fsp3) is 0.458. The number of nitrogens with one attached hydrogen (secondary N) is 1. The summed E-state index contributed by atoms with van der Waals surface area (Å²) in [5.74, 6) is 1.42. The standard InChI is InChI=1S/C24H33N3O4S2/c1-31-21-10-8-20(9-11-21)12-14-26-15-17-27(18-16-26)24(28)23(13-19-32-2)25-33(29,30)22-6-4-3-5-7-22/h3-11,23,25H,12-19H2,1-2H3. The first-order chi connectivity index (χ1) is 15.9. The highest BCUT2D eigenvalue weighted by atomic mass is 32.2. The number of hydrogen-bond acceptors (Lipinski definition) is 6. The van der Waals surface area contributed by atoms with E-state index in [4.69, 9.17) is 4.74 Å². The molecule has 1 N–H and O–H groups in total. The van der Waals surface area contributed by atoms with Crippen LogP contribution < -0.4 is 9.46 Å². The number of nitrogens with zero attached hydrogens (tertiary/aromatic N) is 2. The molecule has 0 saturated carbocycles. The van der Waals surface area contributed by atoms with Gasteiger partial charge in [0.25, 0.3) is 0 Å². The third kappa shape index (κ3) is 7.46. The van der Waals surface area contributed by atoms with Crippen LogP contribution in [0.1, 0.15) is 12.0 Å². The Balaban J connectivity index is 1.54. The van der Waals surface area contributed by atoms with Crippen LogP contribution in [0, 0.1) is 0 Å². The van der Waals surface area contributed by atoms with E-state index in [1.165, 1.54) is 5.56 Å². The Morgan fingerprint density at radius 1 is 1.06 bits per heavy atom. The second-order valence-corrected chi connectivity index (χ2v) is 10.7. The first-order valence-electron chi connectivity index (χ1n) is 11.1. The number of hydrogen-bond donors (Lipinski definition) is 1. The van der Waals surface area contributed by atoms with E-state index in [-0.39, 0.29) is 10.8 Å². The molecule has 1 heterocycles. The maximum atomic E-state index is 13.2. The van der Waals surface area contributed by atoms with Crippen LogP contribution in [0.4, 0.5) is 0 Å². The molecule has 9 heteroatoms. The summed E-state index contributed by atoms with van der Waals surface area (Å²) in [4.78, 5) is 17.5. The Morgan fingerprint density at radius 2 is 1.73 bits per heavy atom. The number of ether oxygens (including phenoxy) is 1. The molecule has 1 unspecified atom stereocenters. The van der Waals surface area contributed by atoms with E-state index in [2.05, 4.69) is 21.8 Å². The highest BCUT2D eigenvalue weighted by Gasteiger charge is 2.30. The summed E-state index contributed by atoms with van der Waals surface area (Å²) in [6, 6.07) is 15.5. The fourth-order valence-electron chi connectivity index (χ4n) is 3.82. The van der Waals surface area contributed by atoms with Crippen LogP contribution in [0.2, 0.25) is 0 Å². The Kier molecular flexibility index (Phi) is 9.61. The van der Waals surface area contributed by atoms with Crippen molar-refractivity contribution in [3.63, 3.8) is 0 Å². The van der Waals surface area contributed by atoms with Gasteiger partial charge in [0, 0.05) is 32.7 Å².